The smallest absolute Gasteiger partial charge is 0.327 e. The zero-order chi connectivity index (χ0) is 18.9. The van der Waals surface area contributed by atoms with Crippen LogP contribution < -0.4 is 15.0 Å². The zero-order valence-electron chi connectivity index (χ0n) is 14.7. The van der Waals surface area contributed by atoms with E-state index in [9.17, 15) is 15.0 Å². The van der Waals surface area contributed by atoms with Crippen LogP contribution in [-0.2, 0) is 4.79 Å². The van der Waals surface area contributed by atoms with Gasteiger partial charge in [-0.15, -0.1) is 11.8 Å². The first-order chi connectivity index (χ1) is 12.9. The molecule has 0 radical (unpaired) electrons. The molecule has 3 aliphatic rings. The molecule has 3 heterocycles. The molecule has 140 valence electrons. The predicted octanol–water partition coefficient (Wildman–Crippen LogP) is 3.64. The molecule has 3 atom stereocenters. The third kappa shape index (κ3) is 2.54. The van der Waals surface area contributed by atoms with Crippen LogP contribution in [0.3, 0.4) is 0 Å². The van der Waals surface area contributed by atoms with Crippen LogP contribution in [0, 0.1) is 13.8 Å². The van der Waals surface area contributed by atoms with Crippen molar-refractivity contribution in [3.8, 4) is 11.5 Å². The molecule has 0 aromatic heterocycles. The summed E-state index contributed by atoms with van der Waals surface area (Å²) in [5, 5.41) is 23.2. The second-order valence-electron chi connectivity index (χ2n) is 7.03. The van der Waals surface area contributed by atoms with Crippen molar-refractivity contribution in [2.75, 3.05) is 16.0 Å². The van der Waals surface area contributed by atoms with Crippen molar-refractivity contribution >= 4 is 40.9 Å². The monoisotopic (exact) mass is 402 g/mol. The fourth-order valence-electron chi connectivity index (χ4n) is 3.87. The van der Waals surface area contributed by atoms with Gasteiger partial charge >= 0.3 is 5.97 Å². The molecule has 5 rings (SSSR count). The Balaban J connectivity index is 1.66. The van der Waals surface area contributed by atoms with E-state index in [0.29, 0.717) is 17.2 Å². The Morgan fingerprint density at radius 3 is 2.74 bits per heavy atom. The summed E-state index contributed by atoms with van der Waals surface area (Å²) in [5.74, 6) is 0.520. The van der Waals surface area contributed by atoms with E-state index in [1.165, 1.54) is 11.8 Å². The van der Waals surface area contributed by atoms with Gasteiger partial charge < -0.3 is 25.2 Å². The lowest BCUT2D eigenvalue weighted by molar-refractivity contribution is -0.138. The summed E-state index contributed by atoms with van der Waals surface area (Å²) < 4.78 is 6.24. The van der Waals surface area contributed by atoms with Crippen molar-refractivity contribution in [2.24, 2.45) is 0 Å². The highest BCUT2D eigenvalue weighted by Crippen LogP contribution is 2.54. The summed E-state index contributed by atoms with van der Waals surface area (Å²) in [6.45, 7) is 3.94. The first-order valence-corrected chi connectivity index (χ1v) is 10.5. The number of thioether (sulfide) groups is 2. The van der Waals surface area contributed by atoms with Gasteiger partial charge in [-0.25, -0.2) is 4.79 Å². The van der Waals surface area contributed by atoms with Crippen LogP contribution in [0.2, 0.25) is 0 Å². The van der Waals surface area contributed by atoms with E-state index in [1.807, 2.05) is 30.9 Å². The third-order valence-corrected chi connectivity index (χ3v) is 7.40. The van der Waals surface area contributed by atoms with Gasteiger partial charge in [0.2, 0.25) is 6.23 Å². The van der Waals surface area contributed by atoms with E-state index in [4.69, 9.17) is 4.74 Å². The van der Waals surface area contributed by atoms with Gasteiger partial charge in [0.05, 0.1) is 11.4 Å². The highest BCUT2D eigenvalue weighted by Gasteiger charge is 2.48. The molecule has 27 heavy (non-hydrogen) atoms. The molecule has 2 aromatic carbocycles. The highest BCUT2D eigenvalue weighted by molar-refractivity contribution is 8.00. The number of rotatable bonds is 1. The molecule has 3 aliphatic heterocycles. The minimum atomic E-state index is -0.834. The van der Waals surface area contributed by atoms with Crippen LogP contribution in [0.15, 0.2) is 34.1 Å². The lowest BCUT2D eigenvalue weighted by Gasteiger charge is -2.50. The molecular formula is C19H18N2O4S2. The summed E-state index contributed by atoms with van der Waals surface area (Å²) >= 11 is 3.10. The van der Waals surface area contributed by atoms with Crippen molar-refractivity contribution < 1.29 is 19.7 Å². The van der Waals surface area contributed by atoms with Crippen molar-refractivity contribution in [1.82, 2.24) is 0 Å². The molecule has 3 unspecified atom stereocenters. The van der Waals surface area contributed by atoms with Gasteiger partial charge in [0.15, 0.2) is 0 Å². The first-order valence-electron chi connectivity index (χ1n) is 8.64. The number of hydrogen-bond acceptors (Lipinski definition) is 7. The van der Waals surface area contributed by atoms with Crippen LogP contribution in [0.5, 0.6) is 11.5 Å². The molecule has 3 N–H and O–H groups in total. The lowest BCUT2D eigenvalue weighted by atomic mass is 10.1. The lowest BCUT2D eigenvalue weighted by Crippen LogP contribution is -2.60. The topological polar surface area (TPSA) is 82.0 Å². The number of aliphatic carboxylic acids is 1. The number of fused-ring (bicyclic) bond motifs is 3. The van der Waals surface area contributed by atoms with E-state index in [2.05, 4.69) is 11.4 Å². The quantitative estimate of drug-likeness (QED) is 0.624. The fraction of sp³-hybridized carbons (Fsp3) is 0.316. The zero-order valence-corrected chi connectivity index (χ0v) is 16.4. The maximum Gasteiger partial charge on any atom is 0.327 e. The fourth-order valence-corrected chi connectivity index (χ4v) is 6.53. The van der Waals surface area contributed by atoms with Crippen molar-refractivity contribution in [3.05, 3.63) is 35.4 Å². The van der Waals surface area contributed by atoms with Crippen LogP contribution in [-0.4, -0.2) is 39.6 Å². The maximum absolute atomic E-state index is 12.0. The van der Waals surface area contributed by atoms with Gasteiger partial charge in [0.25, 0.3) is 0 Å². The number of carboxylic acids is 1. The third-order valence-electron chi connectivity index (χ3n) is 5.01. The summed E-state index contributed by atoms with van der Waals surface area (Å²) in [7, 11) is 0. The van der Waals surface area contributed by atoms with E-state index in [0.717, 1.165) is 26.6 Å². The standard InChI is InChI=1S/C19H18N2O4S2/c1-8-3-11(22)15-13(5-8)27-18-17(20-15)25-12-4-9(2)6-14-16(12)21(18)10(7-26-14)19(23)24/h3-6,10,17-18,20,22H,7H2,1-2H3,(H,23,24). The van der Waals surface area contributed by atoms with Crippen LogP contribution in [0.1, 0.15) is 11.1 Å². The van der Waals surface area contributed by atoms with Crippen LogP contribution >= 0.6 is 23.5 Å². The molecular weight excluding hydrogens is 384 g/mol. The summed E-state index contributed by atoms with van der Waals surface area (Å²) in [5.41, 5.74) is 3.53. The number of carboxylic acid groups (broad SMARTS) is 1. The number of aryl methyl sites for hydroxylation is 2. The van der Waals surface area contributed by atoms with Crippen LogP contribution in [0.4, 0.5) is 11.4 Å². The van der Waals surface area contributed by atoms with Gasteiger partial charge in [-0.05, 0) is 49.2 Å². The number of aromatic hydroxyl groups is 1. The van der Waals surface area contributed by atoms with Crippen molar-refractivity contribution in [1.29, 1.82) is 0 Å². The molecule has 0 bridgehead atoms. The van der Waals surface area contributed by atoms with E-state index >= 15 is 0 Å². The first kappa shape index (κ1) is 16.9. The summed E-state index contributed by atoms with van der Waals surface area (Å²) in [4.78, 5) is 15.9. The van der Waals surface area contributed by atoms with E-state index in [-0.39, 0.29) is 11.1 Å². The molecule has 8 heteroatoms. The molecule has 0 amide bonds. The number of ether oxygens (including phenoxy) is 1. The van der Waals surface area contributed by atoms with E-state index < -0.39 is 18.2 Å². The Morgan fingerprint density at radius 1 is 1.22 bits per heavy atom. The number of benzene rings is 2. The Hall–Kier alpha value is -2.19. The van der Waals surface area contributed by atoms with Gasteiger partial charge in [-0.3, -0.25) is 0 Å². The SMILES string of the molecule is Cc1cc(O)c2c(c1)SC1C(N2)Oc2cc(C)cc3c2N1C(C(=O)O)CS3. The normalized spacial score (nSPS) is 24.8. The van der Waals surface area contributed by atoms with Crippen molar-refractivity contribution in [3.63, 3.8) is 0 Å². The van der Waals surface area contributed by atoms with E-state index in [1.54, 1.807) is 17.8 Å². The molecule has 0 aliphatic carbocycles. The number of nitrogens with one attached hydrogen (secondary N) is 1. The largest absolute Gasteiger partial charge is 0.506 e. The van der Waals surface area contributed by atoms with Gasteiger partial charge in [0.1, 0.15) is 22.9 Å². The Labute approximate surface area is 164 Å². The van der Waals surface area contributed by atoms with Gasteiger partial charge in [-0.2, -0.15) is 0 Å². The highest BCUT2D eigenvalue weighted by atomic mass is 32.2. The number of hydrogen-bond donors (Lipinski definition) is 3. The average Bonchev–Trinajstić information content (AvgIpc) is 2.60. The van der Waals surface area contributed by atoms with Crippen LogP contribution in [0.25, 0.3) is 0 Å². The second kappa shape index (κ2) is 5.90. The maximum atomic E-state index is 12.0. The Morgan fingerprint density at radius 2 is 1.96 bits per heavy atom. The molecule has 0 spiro atoms. The average molecular weight is 402 g/mol. The number of carbonyl (C=O) groups is 1. The molecule has 0 saturated carbocycles. The number of nitrogens with zero attached hydrogens (tertiary/aromatic N) is 1. The Bertz CT molecular complexity index is 981. The van der Waals surface area contributed by atoms with Crippen molar-refractivity contribution in [2.45, 2.75) is 41.3 Å². The number of phenols is 1. The second-order valence-corrected chi connectivity index (χ2v) is 9.25. The predicted molar refractivity (Wildman–Crippen MR) is 106 cm³/mol. The molecule has 6 nitrogen and oxygen atoms in total. The van der Waals surface area contributed by atoms with Gasteiger partial charge in [0, 0.05) is 15.5 Å². The molecule has 0 saturated heterocycles. The molecule has 2 aromatic rings. The summed E-state index contributed by atoms with van der Waals surface area (Å²) in [6.07, 6.45) is -0.455. The summed E-state index contributed by atoms with van der Waals surface area (Å²) in [6, 6.07) is 7.12. The number of phenolic OH excluding ortho intramolecular Hbond substituents is 1. The molecule has 0 fully saturated rings. The Kier molecular flexibility index (Phi) is 3.70. The minimum absolute atomic E-state index is 0.180. The minimum Gasteiger partial charge on any atom is -0.506 e. The van der Waals surface area contributed by atoms with Gasteiger partial charge in [-0.1, -0.05) is 11.8 Å². The number of anilines is 2.